The van der Waals surface area contributed by atoms with E-state index in [-0.39, 0.29) is 23.3 Å². The average molecular weight is 566 g/mol. The number of aromatic nitrogens is 4. The maximum atomic E-state index is 12.9. The lowest BCUT2D eigenvalue weighted by atomic mass is 10.1. The first kappa shape index (κ1) is 26.1. The fourth-order valence-corrected chi connectivity index (χ4v) is 6.49. The molecule has 2 aliphatic rings. The standard InChI is InChI=1S/C27H31N7O5S/c1-33-17-21(16-28-33)40(36,37)34-9-7-19(8-10-34)29-20-4-5-23-22(15-20)27(32-31-23)30-26(35)14-18-3-6-24-25(13-18)39-12-2-11-38-24/h3-6,13,15-17,19,29H,2,7-12,14H2,1H3,(H2,30,31,32,35). The topological polar surface area (TPSA) is 143 Å². The highest BCUT2D eigenvalue weighted by molar-refractivity contribution is 7.89. The number of carbonyl (C=O) groups is 1. The van der Waals surface area contributed by atoms with Gasteiger partial charge in [0.1, 0.15) is 4.90 Å². The number of aryl methyl sites for hydroxylation is 1. The minimum Gasteiger partial charge on any atom is -0.490 e. The lowest BCUT2D eigenvalue weighted by Gasteiger charge is -2.31. The van der Waals surface area contributed by atoms with Crippen LogP contribution >= 0.6 is 0 Å². The largest absolute Gasteiger partial charge is 0.490 e. The van der Waals surface area contributed by atoms with Crippen molar-refractivity contribution >= 4 is 38.3 Å². The van der Waals surface area contributed by atoms with Gasteiger partial charge in [-0.05, 0) is 48.7 Å². The number of benzene rings is 2. The van der Waals surface area contributed by atoms with Gasteiger partial charge in [0.05, 0.1) is 31.3 Å². The highest BCUT2D eigenvalue weighted by Crippen LogP contribution is 2.31. The van der Waals surface area contributed by atoms with Crippen LogP contribution in [0, 0.1) is 0 Å². The first-order valence-corrected chi connectivity index (χ1v) is 14.7. The number of ether oxygens (including phenoxy) is 2. The van der Waals surface area contributed by atoms with Gasteiger partial charge in [0, 0.05) is 49.9 Å². The summed E-state index contributed by atoms with van der Waals surface area (Å²) in [6.45, 7) is 2.04. The molecule has 0 radical (unpaired) electrons. The van der Waals surface area contributed by atoms with Gasteiger partial charge in [-0.25, -0.2) is 8.42 Å². The van der Waals surface area contributed by atoms with Crippen molar-refractivity contribution < 1.29 is 22.7 Å². The molecule has 3 N–H and O–H groups in total. The molecule has 6 rings (SSSR count). The Balaban J connectivity index is 1.08. The number of sulfonamides is 1. The van der Waals surface area contributed by atoms with E-state index in [4.69, 9.17) is 9.47 Å². The molecule has 0 atom stereocenters. The third-order valence-electron chi connectivity index (χ3n) is 7.14. The zero-order valence-corrected chi connectivity index (χ0v) is 22.9. The van der Waals surface area contributed by atoms with Crippen LogP contribution < -0.4 is 20.1 Å². The van der Waals surface area contributed by atoms with Crippen LogP contribution in [0.1, 0.15) is 24.8 Å². The predicted molar refractivity (Wildman–Crippen MR) is 149 cm³/mol. The molecule has 0 unspecified atom stereocenters. The Morgan fingerprint density at radius 2 is 1.90 bits per heavy atom. The summed E-state index contributed by atoms with van der Waals surface area (Å²) in [5.74, 6) is 1.61. The zero-order chi connectivity index (χ0) is 27.7. The number of hydrogen-bond acceptors (Lipinski definition) is 8. The molecule has 4 heterocycles. The third kappa shape index (κ3) is 5.47. The van der Waals surface area contributed by atoms with Crippen LogP contribution in [-0.4, -0.2) is 71.0 Å². The molecule has 0 saturated carbocycles. The van der Waals surface area contributed by atoms with Crippen molar-refractivity contribution in [3.05, 3.63) is 54.4 Å². The number of H-pyrrole nitrogens is 1. The van der Waals surface area contributed by atoms with Crippen LogP contribution in [0.25, 0.3) is 10.9 Å². The van der Waals surface area contributed by atoms with Crippen LogP contribution in [0.15, 0.2) is 53.7 Å². The number of amides is 1. The van der Waals surface area contributed by atoms with Gasteiger partial charge >= 0.3 is 0 Å². The molecule has 210 valence electrons. The Hall–Kier alpha value is -4.10. The number of nitrogens with one attached hydrogen (secondary N) is 3. The molecule has 13 heteroatoms. The van der Waals surface area contributed by atoms with Gasteiger partial charge in [-0.15, -0.1) is 0 Å². The van der Waals surface area contributed by atoms with Gasteiger partial charge in [0.25, 0.3) is 0 Å². The Morgan fingerprint density at radius 3 is 2.67 bits per heavy atom. The Labute approximate surface area is 231 Å². The molecule has 4 aromatic rings. The van der Waals surface area contributed by atoms with Gasteiger partial charge in [-0.1, -0.05) is 6.07 Å². The number of fused-ring (bicyclic) bond motifs is 2. The van der Waals surface area contributed by atoms with Gasteiger partial charge in [-0.2, -0.15) is 14.5 Å². The van der Waals surface area contributed by atoms with E-state index in [0.29, 0.717) is 56.5 Å². The van der Waals surface area contributed by atoms with Crippen molar-refractivity contribution in [1.29, 1.82) is 0 Å². The van der Waals surface area contributed by atoms with Gasteiger partial charge in [0.15, 0.2) is 17.3 Å². The molecule has 1 saturated heterocycles. The number of carbonyl (C=O) groups excluding carboxylic acids is 1. The van der Waals surface area contributed by atoms with Gasteiger partial charge < -0.3 is 20.1 Å². The first-order valence-electron chi connectivity index (χ1n) is 13.3. The summed E-state index contributed by atoms with van der Waals surface area (Å²) in [5.41, 5.74) is 2.50. The van der Waals surface area contributed by atoms with Crippen molar-refractivity contribution in [3.63, 3.8) is 0 Å². The van der Waals surface area contributed by atoms with Crippen molar-refractivity contribution in [2.75, 3.05) is 36.9 Å². The Morgan fingerprint density at radius 1 is 1.10 bits per heavy atom. The van der Waals surface area contributed by atoms with E-state index >= 15 is 0 Å². The van der Waals surface area contributed by atoms with Gasteiger partial charge in [0.2, 0.25) is 15.9 Å². The number of anilines is 2. The molecule has 12 nitrogen and oxygen atoms in total. The summed E-state index contributed by atoms with van der Waals surface area (Å²) in [6.07, 6.45) is 5.23. The highest BCUT2D eigenvalue weighted by Gasteiger charge is 2.30. The lowest BCUT2D eigenvalue weighted by Crippen LogP contribution is -2.42. The summed E-state index contributed by atoms with van der Waals surface area (Å²) in [4.78, 5) is 13.1. The van der Waals surface area contributed by atoms with Crippen LogP contribution in [0.3, 0.4) is 0 Å². The smallest absolute Gasteiger partial charge is 0.246 e. The fourth-order valence-electron chi connectivity index (χ4n) is 5.04. The average Bonchev–Trinajstić information content (AvgIpc) is 3.48. The summed E-state index contributed by atoms with van der Waals surface area (Å²) in [5, 5.41) is 18.5. The molecule has 0 aliphatic carbocycles. The van der Waals surface area contributed by atoms with Crippen LogP contribution in [0.5, 0.6) is 11.5 Å². The summed E-state index contributed by atoms with van der Waals surface area (Å²) >= 11 is 0. The minimum atomic E-state index is -3.55. The molecule has 0 bridgehead atoms. The van der Waals surface area contributed by atoms with E-state index in [9.17, 15) is 13.2 Å². The minimum absolute atomic E-state index is 0.113. The first-order chi connectivity index (χ1) is 19.3. The van der Waals surface area contributed by atoms with E-state index in [1.54, 1.807) is 7.05 Å². The molecule has 0 spiro atoms. The number of piperidine rings is 1. The molecule has 1 fully saturated rings. The van der Waals surface area contributed by atoms with Crippen molar-refractivity contribution in [2.45, 2.75) is 36.6 Å². The lowest BCUT2D eigenvalue weighted by molar-refractivity contribution is -0.115. The van der Waals surface area contributed by atoms with Crippen molar-refractivity contribution in [3.8, 4) is 11.5 Å². The second kappa shape index (κ2) is 10.8. The highest BCUT2D eigenvalue weighted by atomic mass is 32.2. The van der Waals surface area contributed by atoms with E-state index < -0.39 is 10.0 Å². The number of hydrogen-bond donors (Lipinski definition) is 3. The molecule has 1 amide bonds. The second-order valence-electron chi connectivity index (χ2n) is 10.1. The Kier molecular flexibility index (Phi) is 7.07. The summed E-state index contributed by atoms with van der Waals surface area (Å²) in [6, 6.07) is 11.5. The maximum Gasteiger partial charge on any atom is 0.246 e. The molecule has 2 aliphatic heterocycles. The van der Waals surface area contributed by atoms with Crippen LogP contribution in [0.4, 0.5) is 11.5 Å². The zero-order valence-electron chi connectivity index (χ0n) is 22.1. The summed E-state index contributed by atoms with van der Waals surface area (Å²) < 4.78 is 40.2. The van der Waals surface area contributed by atoms with Gasteiger partial charge in [-0.3, -0.25) is 14.6 Å². The molecular weight excluding hydrogens is 534 g/mol. The van der Waals surface area contributed by atoms with E-state index in [1.807, 2.05) is 36.4 Å². The molecule has 2 aromatic heterocycles. The third-order valence-corrected chi connectivity index (χ3v) is 8.99. The number of rotatable bonds is 7. The Bertz CT molecular complexity index is 1640. The van der Waals surface area contributed by atoms with Crippen LogP contribution in [0.2, 0.25) is 0 Å². The maximum absolute atomic E-state index is 12.9. The van der Waals surface area contributed by atoms with E-state index in [1.165, 1.54) is 21.4 Å². The van der Waals surface area contributed by atoms with Crippen molar-refractivity contribution in [1.82, 2.24) is 24.3 Å². The molecular formula is C27H31N7O5S. The second-order valence-corrected chi connectivity index (χ2v) is 12.0. The predicted octanol–water partition coefficient (Wildman–Crippen LogP) is 2.90. The molecule has 40 heavy (non-hydrogen) atoms. The van der Waals surface area contributed by atoms with E-state index in [0.717, 1.165) is 28.6 Å². The number of aromatic amines is 1. The number of nitrogens with zero attached hydrogens (tertiary/aromatic N) is 4. The quantitative estimate of drug-likeness (QED) is 0.310. The fraction of sp³-hybridized carbons (Fsp3) is 0.370. The molecule has 2 aromatic carbocycles. The summed E-state index contributed by atoms with van der Waals surface area (Å²) in [7, 11) is -1.85. The SMILES string of the molecule is Cn1cc(S(=O)(=O)N2CCC(Nc3ccc4[nH]nc(NC(=O)Cc5ccc6c(c5)OCCCO6)c4c3)CC2)cn1. The van der Waals surface area contributed by atoms with Crippen molar-refractivity contribution in [2.24, 2.45) is 7.05 Å². The van der Waals surface area contributed by atoms with Crippen LogP contribution in [-0.2, 0) is 28.3 Å². The normalized spacial score (nSPS) is 16.5. The monoisotopic (exact) mass is 565 g/mol. The van der Waals surface area contributed by atoms with E-state index in [2.05, 4.69) is 25.9 Å².